The highest BCUT2D eigenvalue weighted by atomic mass is 16.6. The molecule has 4 N–H and O–H groups in total. The molecule has 0 radical (unpaired) electrons. The lowest BCUT2D eigenvalue weighted by molar-refractivity contribution is -0.163. The second kappa shape index (κ2) is 7.02. The first-order valence-corrected chi connectivity index (χ1v) is 8.04. The lowest BCUT2D eigenvalue weighted by Crippen LogP contribution is -2.45. The van der Waals surface area contributed by atoms with E-state index in [1.807, 2.05) is 0 Å². The zero-order chi connectivity index (χ0) is 17.8. The van der Waals surface area contributed by atoms with Gasteiger partial charge in [0.25, 0.3) is 11.8 Å². The molecule has 0 saturated heterocycles. The molecule has 0 unspecified atom stereocenters. The highest BCUT2D eigenvalue weighted by molar-refractivity contribution is 5.95. The highest BCUT2D eigenvalue weighted by Gasteiger charge is 2.44. The molecule has 0 aromatic heterocycles. The standard InChI is InChI=1S/C16H22N2O6/c17-13(21)15(7-1-2-8-15)23-11(19)5-6-12(20)24-16(14(18)22)9-3-4-10-16/h5-6H,1-4,7-10H2,(H2,17,21)(H2,18,22)/b6-5-. The van der Waals surface area contributed by atoms with Crippen LogP contribution in [0.2, 0.25) is 0 Å². The average molecular weight is 338 g/mol. The average Bonchev–Trinajstić information content (AvgIpc) is 3.16. The fraction of sp³-hybridized carbons (Fsp3) is 0.625. The van der Waals surface area contributed by atoms with Crippen molar-refractivity contribution in [2.45, 2.75) is 62.6 Å². The number of carbonyl (C=O) groups is 4. The predicted octanol–water partition coefficient (Wildman–Crippen LogP) is 0.225. The molecular formula is C16H22N2O6. The zero-order valence-electron chi connectivity index (χ0n) is 13.4. The largest absolute Gasteiger partial charge is 0.446 e. The van der Waals surface area contributed by atoms with Crippen LogP contribution in [0, 0.1) is 0 Å². The van der Waals surface area contributed by atoms with Gasteiger partial charge in [-0.3, -0.25) is 9.59 Å². The summed E-state index contributed by atoms with van der Waals surface area (Å²) in [6.45, 7) is 0. The monoisotopic (exact) mass is 338 g/mol. The van der Waals surface area contributed by atoms with Crippen LogP contribution in [-0.4, -0.2) is 35.0 Å². The molecule has 0 heterocycles. The number of primary amides is 2. The van der Waals surface area contributed by atoms with Crippen molar-refractivity contribution in [2.24, 2.45) is 11.5 Å². The van der Waals surface area contributed by atoms with Crippen LogP contribution in [0.1, 0.15) is 51.4 Å². The molecule has 2 rings (SSSR count). The van der Waals surface area contributed by atoms with Gasteiger partial charge in [-0.05, 0) is 51.4 Å². The van der Waals surface area contributed by atoms with Crippen LogP contribution in [0.15, 0.2) is 12.2 Å². The summed E-state index contributed by atoms with van der Waals surface area (Å²) in [4.78, 5) is 46.7. The van der Waals surface area contributed by atoms with E-state index in [9.17, 15) is 19.2 Å². The molecule has 2 aliphatic carbocycles. The summed E-state index contributed by atoms with van der Waals surface area (Å²) >= 11 is 0. The molecule has 0 aromatic carbocycles. The lowest BCUT2D eigenvalue weighted by Gasteiger charge is -2.25. The fourth-order valence-electron chi connectivity index (χ4n) is 3.28. The van der Waals surface area contributed by atoms with Crippen LogP contribution in [0.4, 0.5) is 0 Å². The van der Waals surface area contributed by atoms with E-state index in [2.05, 4.69) is 0 Å². The molecule has 0 bridgehead atoms. The number of esters is 2. The van der Waals surface area contributed by atoms with E-state index in [-0.39, 0.29) is 0 Å². The molecular weight excluding hydrogens is 316 g/mol. The third-order valence-corrected chi connectivity index (χ3v) is 4.67. The fourth-order valence-corrected chi connectivity index (χ4v) is 3.28. The third-order valence-electron chi connectivity index (χ3n) is 4.67. The van der Waals surface area contributed by atoms with Crippen LogP contribution >= 0.6 is 0 Å². The van der Waals surface area contributed by atoms with Gasteiger partial charge < -0.3 is 20.9 Å². The zero-order valence-corrected chi connectivity index (χ0v) is 13.4. The van der Waals surface area contributed by atoms with Gasteiger partial charge in [0, 0.05) is 12.2 Å². The summed E-state index contributed by atoms with van der Waals surface area (Å²) in [5, 5.41) is 0. The molecule has 24 heavy (non-hydrogen) atoms. The van der Waals surface area contributed by atoms with Crippen molar-refractivity contribution >= 4 is 23.8 Å². The number of amides is 2. The molecule has 2 fully saturated rings. The van der Waals surface area contributed by atoms with Gasteiger partial charge >= 0.3 is 11.9 Å². The Labute approximate surface area is 139 Å². The van der Waals surface area contributed by atoms with Crippen molar-refractivity contribution < 1.29 is 28.7 Å². The molecule has 132 valence electrons. The molecule has 0 atom stereocenters. The number of carbonyl (C=O) groups excluding carboxylic acids is 4. The van der Waals surface area contributed by atoms with Gasteiger partial charge in [-0.1, -0.05) is 0 Å². The number of hydrogen-bond donors (Lipinski definition) is 2. The molecule has 2 aliphatic rings. The van der Waals surface area contributed by atoms with Crippen LogP contribution in [0.25, 0.3) is 0 Å². The second-order valence-electron chi connectivity index (χ2n) is 6.31. The molecule has 0 aliphatic heterocycles. The van der Waals surface area contributed by atoms with Gasteiger partial charge in [-0.25, -0.2) is 9.59 Å². The van der Waals surface area contributed by atoms with Gasteiger partial charge in [-0.15, -0.1) is 0 Å². The van der Waals surface area contributed by atoms with Gasteiger partial charge in [0.1, 0.15) is 0 Å². The Morgan fingerprint density at radius 2 is 0.958 bits per heavy atom. The SMILES string of the molecule is NC(=O)C1(OC(=O)/C=C\C(=O)OC2(C(N)=O)CCCC2)CCCC1. The van der Waals surface area contributed by atoms with E-state index in [0.717, 1.165) is 37.8 Å². The maximum absolute atomic E-state index is 11.8. The van der Waals surface area contributed by atoms with Crippen LogP contribution in [-0.2, 0) is 28.7 Å². The first-order chi connectivity index (χ1) is 11.3. The van der Waals surface area contributed by atoms with Crippen LogP contribution in [0.3, 0.4) is 0 Å². The maximum atomic E-state index is 11.8. The number of rotatable bonds is 6. The van der Waals surface area contributed by atoms with Crippen molar-refractivity contribution in [1.82, 2.24) is 0 Å². The summed E-state index contributed by atoms with van der Waals surface area (Å²) in [7, 11) is 0. The van der Waals surface area contributed by atoms with Gasteiger partial charge in [0.15, 0.2) is 11.2 Å². The Hall–Kier alpha value is -2.38. The molecule has 0 spiro atoms. The maximum Gasteiger partial charge on any atom is 0.332 e. The Balaban J connectivity index is 1.94. The van der Waals surface area contributed by atoms with Gasteiger partial charge in [0.2, 0.25) is 0 Å². The topological polar surface area (TPSA) is 139 Å². The minimum atomic E-state index is -1.30. The predicted molar refractivity (Wildman–Crippen MR) is 82.1 cm³/mol. The minimum Gasteiger partial charge on any atom is -0.446 e. The lowest BCUT2D eigenvalue weighted by atomic mass is 10.0. The van der Waals surface area contributed by atoms with Crippen LogP contribution < -0.4 is 11.5 Å². The van der Waals surface area contributed by atoms with E-state index in [0.29, 0.717) is 25.7 Å². The highest BCUT2D eigenvalue weighted by Crippen LogP contribution is 2.34. The first kappa shape index (κ1) is 18.0. The van der Waals surface area contributed by atoms with Crippen molar-refractivity contribution in [2.75, 3.05) is 0 Å². The quantitative estimate of drug-likeness (QED) is 0.525. The van der Waals surface area contributed by atoms with E-state index in [4.69, 9.17) is 20.9 Å². The van der Waals surface area contributed by atoms with Crippen molar-refractivity contribution in [3.63, 3.8) is 0 Å². The summed E-state index contributed by atoms with van der Waals surface area (Å²) in [6, 6.07) is 0. The second-order valence-corrected chi connectivity index (χ2v) is 6.31. The van der Waals surface area contributed by atoms with Crippen LogP contribution in [0.5, 0.6) is 0 Å². The third kappa shape index (κ3) is 3.74. The Morgan fingerprint density at radius 1 is 0.667 bits per heavy atom. The molecule has 8 nitrogen and oxygen atoms in total. The summed E-state index contributed by atoms with van der Waals surface area (Å²) in [5.74, 6) is -3.09. The summed E-state index contributed by atoms with van der Waals surface area (Å²) in [6.07, 6.45) is 6.19. The number of hydrogen-bond acceptors (Lipinski definition) is 6. The van der Waals surface area contributed by atoms with Gasteiger partial charge in [-0.2, -0.15) is 0 Å². The summed E-state index contributed by atoms with van der Waals surface area (Å²) in [5.41, 5.74) is 8.03. The van der Waals surface area contributed by atoms with Gasteiger partial charge in [0.05, 0.1) is 0 Å². The number of ether oxygens (including phenoxy) is 2. The van der Waals surface area contributed by atoms with Crippen molar-refractivity contribution in [3.05, 3.63) is 12.2 Å². The smallest absolute Gasteiger partial charge is 0.332 e. The summed E-state index contributed by atoms with van der Waals surface area (Å²) < 4.78 is 10.3. The Kier molecular flexibility index (Phi) is 5.26. The Morgan fingerprint density at radius 3 is 1.21 bits per heavy atom. The Bertz CT molecular complexity index is 521. The number of nitrogens with two attached hydrogens (primary N) is 2. The first-order valence-electron chi connectivity index (χ1n) is 8.04. The van der Waals surface area contributed by atoms with E-state index < -0.39 is 35.0 Å². The molecule has 8 heteroatoms. The van der Waals surface area contributed by atoms with E-state index in [1.54, 1.807) is 0 Å². The van der Waals surface area contributed by atoms with E-state index >= 15 is 0 Å². The van der Waals surface area contributed by atoms with Crippen molar-refractivity contribution in [1.29, 1.82) is 0 Å². The molecule has 2 amide bonds. The molecule has 2 saturated carbocycles. The minimum absolute atomic E-state index is 0.372. The normalized spacial score (nSPS) is 21.5. The molecule has 0 aromatic rings. The van der Waals surface area contributed by atoms with Crippen molar-refractivity contribution in [3.8, 4) is 0 Å². The van der Waals surface area contributed by atoms with E-state index in [1.165, 1.54) is 0 Å².